The third-order valence-corrected chi connectivity index (χ3v) is 2.66. The average molecular weight is 222 g/mol. The van der Waals surface area contributed by atoms with Gasteiger partial charge < -0.3 is 9.47 Å². The summed E-state index contributed by atoms with van der Waals surface area (Å²) in [7, 11) is 3.09. The van der Waals surface area contributed by atoms with E-state index in [2.05, 4.69) is 11.7 Å². The number of hydrogen-bond donors (Lipinski definition) is 0. The van der Waals surface area contributed by atoms with Gasteiger partial charge in [0, 0.05) is 13.7 Å². The van der Waals surface area contributed by atoms with E-state index in [9.17, 15) is 4.79 Å². The van der Waals surface area contributed by atoms with Gasteiger partial charge in [-0.1, -0.05) is 19.1 Å². The molecular formula is C13H18O3. The van der Waals surface area contributed by atoms with Crippen molar-refractivity contribution in [3.63, 3.8) is 0 Å². The predicted molar refractivity (Wildman–Crippen MR) is 62.7 cm³/mol. The second kappa shape index (κ2) is 6.28. The van der Waals surface area contributed by atoms with E-state index in [1.165, 1.54) is 12.7 Å². The Morgan fingerprint density at radius 1 is 1.25 bits per heavy atom. The Kier molecular flexibility index (Phi) is 4.99. The topological polar surface area (TPSA) is 35.5 Å². The van der Waals surface area contributed by atoms with E-state index >= 15 is 0 Å². The van der Waals surface area contributed by atoms with Gasteiger partial charge in [0.2, 0.25) is 0 Å². The fourth-order valence-corrected chi connectivity index (χ4v) is 1.53. The van der Waals surface area contributed by atoms with Gasteiger partial charge in [0.25, 0.3) is 0 Å². The lowest BCUT2D eigenvalue weighted by Gasteiger charge is -2.11. The van der Waals surface area contributed by atoms with Crippen LogP contribution < -0.4 is 0 Å². The van der Waals surface area contributed by atoms with Crippen LogP contribution in [0.15, 0.2) is 24.3 Å². The molecule has 0 aliphatic heterocycles. The Morgan fingerprint density at radius 3 is 2.38 bits per heavy atom. The van der Waals surface area contributed by atoms with Crippen LogP contribution in [-0.4, -0.2) is 26.8 Å². The highest BCUT2D eigenvalue weighted by molar-refractivity contribution is 5.89. The molecule has 0 bridgehead atoms. The normalized spacial score (nSPS) is 12.2. The van der Waals surface area contributed by atoms with Gasteiger partial charge in [-0.3, -0.25) is 0 Å². The van der Waals surface area contributed by atoms with Crippen molar-refractivity contribution in [2.24, 2.45) is 0 Å². The Balaban J connectivity index is 2.67. The SMILES string of the molecule is COCCC(C)c1ccc(C(=O)OC)cc1. The maximum absolute atomic E-state index is 11.2. The lowest BCUT2D eigenvalue weighted by Crippen LogP contribution is -2.02. The van der Waals surface area contributed by atoms with Crippen LogP contribution in [0, 0.1) is 0 Å². The lowest BCUT2D eigenvalue weighted by molar-refractivity contribution is 0.0600. The zero-order chi connectivity index (χ0) is 12.0. The minimum atomic E-state index is -0.295. The van der Waals surface area contributed by atoms with Crippen LogP contribution in [0.5, 0.6) is 0 Å². The standard InChI is InChI=1S/C13H18O3/c1-10(8-9-15-2)11-4-6-12(7-5-11)13(14)16-3/h4-7,10H,8-9H2,1-3H3. The van der Waals surface area contributed by atoms with Gasteiger partial charge in [-0.15, -0.1) is 0 Å². The molecule has 3 heteroatoms. The molecule has 0 spiro atoms. The lowest BCUT2D eigenvalue weighted by atomic mass is 9.97. The first-order chi connectivity index (χ1) is 7.69. The third kappa shape index (κ3) is 3.35. The minimum Gasteiger partial charge on any atom is -0.465 e. The number of benzene rings is 1. The number of carbonyl (C=O) groups excluding carboxylic acids is 1. The molecule has 0 fully saturated rings. The fraction of sp³-hybridized carbons (Fsp3) is 0.462. The number of methoxy groups -OCH3 is 2. The Morgan fingerprint density at radius 2 is 1.88 bits per heavy atom. The van der Waals surface area contributed by atoms with E-state index in [-0.39, 0.29) is 5.97 Å². The molecule has 1 aromatic carbocycles. The molecule has 0 saturated heterocycles. The van der Waals surface area contributed by atoms with E-state index in [1.807, 2.05) is 12.1 Å². The summed E-state index contributed by atoms with van der Waals surface area (Å²) < 4.78 is 9.68. The maximum Gasteiger partial charge on any atom is 0.337 e. The number of esters is 1. The first-order valence-corrected chi connectivity index (χ1v) is 5.36. The summed E-state index contributed by atoms with van der Waals surface area (Å²) >= 11 is 0. The quantitative estimate of drug-likeness (QED) is 0.718. The molecule has 1 unspecified atom stereocenters. The van der Waals surface area contributed by atoms with Gasteiger partial charge in [0.15, 0.2) is 0 Å². The van der Waals surface area contributed by atoms with Crippen LogP contribution >= 0.6 is 0 Å². The van der Waals surface area contributed by atoms with Crippen molar-refractivity contribution in [1.82, 2.24) is 0 Å². The molecule has 0 aliphatic rings. The molecule has 1 rings (SSSR count). The van der Waals surface area contributed by atoms with Crippen molar-refractivity contribution < 1.29 is 14.3 Å². The van der Waals surface area contributed by atoms with Gasteiger partial charge in [-0.2, -0.15) is 0 Å². The van der Waals surface area contributed by atoms with Crippen molar-refractivity contribution in [3.8, 4) is 0 Å². The van der Waals surface area contributed by atoms with Gasteiger partial charge in [-0.25, -0.2) is 4.79 Å². The van der Waals surface area contributed by atoms with E-state index < -0.39 is 0 Å². The highest BCUT2D eigenvalue weighted by atomic mass is 16.5. The molecule has 0 aliphatic carbocycles. The van der Waals surface area contributed by atoms with Crippen molar-refractivity contribution in [2.45, 2.75) is 19.3 Å². The molecule has 1 aromatic rings. The van der Waals surface area contributed by atoms with Crippen molar-refractivity contribution in [3.05, 3.63) is 35.4 Å². The van der Waals surface area contributed by atoms with Gasteiger partial charge in [0.1, 0.15) is 0 Å². The summed E-state index contributed by atoms with van der Waals surface area (Å²) in [6.07, 6.45) is 0.980. The van der Waals surface area contributed by atoms with Crippen molar-refractivity contribution >= 4 is 5.97 Å². The molecule has 0 heterocycles. The second-order valence-electron chi connectivity index (χ2n) is 3.80. The first kappa shape index (κ1) is 12.7. The Hall–Kier alpha value is -1.35. The highest BCUT2D eigenvalue weighted by Crippen LogP contribution is 2.19. The molecule has 88 valence electrons. The molecule has 0 radical (unpaired) electrons. The summed E-state index contributed by atoms with van der Waals surface area (Å²) in [6.45, 7) is 2.89. The second-order valence-corrected chi connectivity index (χ2v) is 3.80. The molecule has 1 atom stereocenters. The van der Waals surface area contributed by atoms with E-state index in [0.717, 1.165) is 13.0 Å². The van der Waals surface area contributed by atoms with E-state index in [0.29, 0.717) is 11.5 Å². The average Bonchev–Trinajstić information content (AvgIpc) is 2.35. The molecule has 0 saturated carbocycles. The van der Waals surface area contributed by atoms with Crippen LogP contribution in [0.2, 0.25) is 0 Å². The van der Waals surface area contributed by atoms with Crippen molar-refractivity contribution in [1.29, 1.82) is 0 Å². The smallest absolute Gasteiger partial charge is 0.337 e. The number of carbonyl (C=O) groups is 1. The van der Waals surface area contributed by atoms with Crippen LogP contribution in [-0.2, 0) is 9.47 Å². The summed E-state index contributed by atoms with van der Waals surface area (Å²) in [6, 6.07) is 7.52. The summed E-state index contributed by atoms with van der Waals surface area (Å²) in [5.74, 6) is 0.141. The van der Waals surface area contributed by atoms with Crippen LogP contribution in [0.4, 0.5) is 0 Å². The van der Waals surface area contributed by atoms with Gasteiger partial charge in [0.05, 0.1) is 12.7 Å². The minimum absolute atomic E-state index is 0.295. The number of ether oxygens (including phenoxy) is 2. The Labute approximate surface area is 96.4 Å². The first-order valence-electron chi connectivity index (χ1n) is 5.36. The zero-order valence-corrected chi connectivity index (χ0v) is 10.0. The molecule has 16 heavy (non-hydrogen) atoms. The summed E-state index contributed by atoms with van der Waals surface area (Å²) in [5.41, 5.74) is 1.80. The maximum atomic E-state index is 11.2. The van der Waals surface area contributed by atoms with Crippen LogP contribution in [0.3, 0.4) is 0 Å². The zero-order valence-electron chi connectivity index (χ0n) is 10.0. The van der Waals surface area contributed by atoms with Crippen LogP contribution in [0.25, 0.3) is 0 Å². The molecule has 0 N–H and O–H groups in total. The van der Waals surface area contributed by atoms with Crippen LogP contribution in [0.1, 0.15) is 35.2 Å². The fourth-order valence-electron chi connectivity index (χ4n) is 1.53. The number of rotatable bonds is 5. The molecular weight excluding hydrogens is 204 g/mol. The molecule has 0 amide bonds. The monoisotopic (exact) mass is 222 g/mol. The summed E-state index contributed by atoms with van der Waals surface area (Å²) in [4.78, 5) is 11.2. The highest BCUT2D eigenvalue weighted by Gasteiger charge is 2.08. The third-order valence-electron chi connectivity index (χ3n) is 2.66. The largest absolute Gasteiger partial charge is 0.465 e. The predicted octanol–water partition coefficient (Wildman–Crippen LogP) is 2.61. The number of hydrogen-bond acceptors (Lipinski definition) is 3. The Bertz CT molecular complexity index is 330. The van der Waals surface area contributed by atoms with E-state index in [4.69, 9.17) is 4.74 Å². The van der Waals surface area contributed by atoms with Gasteiger partial charge >= 0.3 is 5.97 Å². The summed E-state index contributed by atoms with van der Waals surface area (Å²) in [5, 5.41) is 0. The van der Waals surface area contributed by atoms with Gasteiger partial charge in [-0.05, 0) is 30.0 Å². The van der Waals surface area contributed by atoms with E-state index in [1.54, 1.807) is 19.2 Å². The molecule has 3 nitrogen and oxygen atoms in total. The molecule has 0 aromatic heterocycles. The van der Waals surface area contributed by atoms with Crippen molar-refractivity contribution in [2.75, 3.05) is 20.8 Å².